The first-order chi connectivity index (χ1) is 9.63. The predicted octanol–water partition coefficient (Wildman–Crippen LogP) is 2.39. The number of para-hydroxylation sites is 1. The van der Waals surface area contributed by atoms with E-state index >= 15 is 0 Å². The fourth-order valence-corrected chi connectivity index (χ4v) is 2.07. The van der Waals surface area contributed by atoms with Gasteiger partial charge in [0.15, 0.2) is 0 Å². The van der Waals surface area contributed by atoms with Crippen molar-refractivity contribution in [1.29, 1.82) is 0 Å². The molecule has 2 aromatic carbocycles. The third kappa shape index (κ3) is 3.10. The molecule has 5 heteroatoms. The summed E-state index contributed by atoms with van der Waals surface area (Å²) in [5, 5.41) is 12.5. The lowest BCUT2D eigenvalue weighted by molar-refractivity contribution is 0.0917. The molecular weight excluding hydrogens is 276 g/mol. The summed E-state index contributed by atoms with van der Waals surface area (Å²) in [6.07, 6.45) is 0. The summed E-state index contributed by atoms with van der Waals surface area (Å²) in [5.74, 6) is -0.368. The normalized spacial score (nSPS) is 11.9. The van der Waals surface area contributed by atoms with E-state index in [2.05, 4.69) is 5.32 Å². The molecule has 0 bridgehead atoms. The number of aliphatic hydroxyl groups is 1. The molecule has 0 aliphatic heterocycles. The van der Waals surface area contributed by atoms with Crippen molar-refractivity contribution in [2.75, 3.05) is 12.3 Å². The van der Waals surface area contributed by atoms with Crippen molar-refractivity contribution >= 4 is 23.2 Å². The fraction of sp³-hybridized carbons (Fsp3) is 0.133. The van der Waals surface area contributed by atoms with E-state index in [1.165, 1.54) is 0 Å². The fourth-order valence-electron chi connectivity index (χ4n) is 1.89. The molecule has 20 heavy (non-hydrogen) atoms. The van der Waals surface area contributed by atoms with Crippen LogP contribution in [-0.4, -0.2) is 17.6 Å². The minimum Gasteiger partial charge on any atom is -0.397 e. The van der Waals surface area contributed by atoms with Crippen LogP contribution in [0.5, 0.6) is 0 Å². The van der Waals surface area contributed by atoms with E-state index in [0.29, 0.717) is 10.6 Å². The highest BCUT2D eigenvalue weighted by molar-refractivity contribution is 6.33. The predicted molar refractivity (Wildman–Crippen MR) is 79.6 cm³/mol. The topological polar surface area (TPSA) is 75.4 Å². The number of nitrogen functional groups attached to an aromatic ring is 1. The number of benzene rings is 2. The second-order valence-corrected chi connectivity index (χ2v) is 4.73. The number of rotatable bonds is 4. The molecule has 0 saturated heterocycles. The van der Waals surface area contributed by atoms with Gasteiger partial charge in [-0.05, 0) is 17.7 Å². The number of nitrogens with one attached hydrogen (secondary N) is 1. The first-order valence-electron chi connectivity index (χ1n) is 6.14. The molecule has 0 fully saturated rings. The Morgan fingerprint density at radius 2 is 1.90 bits per heavy atom. The van der Waals surface area contributed by atoms with Crippen LogP contribution < -0.4 is 11.1 Å². The van der Waals surface area contributed by atoms with Gasteiger partial charge in [0.05, 0.1) is 28.9 Å². The lowest BCUT2D eigenvalue weighted by atomic mass is 10.1. The summed E-state index contributed by atoms with van der Waals surface area (Å²) in [6, 6.07) is 13.6. The Balaban J connectivity index is 2.20. The number of carbonyl (C=O) groups excluding carboxylic acids is 1. The van der Waals surface area contributed by atoms with E-state index in [4.69, 9.17) is 17.3 Å². The SMILES string of the molecule is Nc1c(Cl)cccc1C(=O)N[C@@H](CO)c1ccccc1. The van der Waals surface area contributed by atoms with Crippen LogP contribution >= 0.6 is 11.6 Å². The van der Waals surface area contributed by atoms with E-state index in [1.807, 2.05) is 30.3 Å². The molecule has 2 aromatic rings. The summed E-state index contributed by atoms with van der Waals surface area (Å²) in [5.41, 5.74) is 7.14. The molecule has 0 unspecified atom stereocenters. The average molecular weight is 291 g/mol. The lowest BCUT2D eigenvalue weighted by Crippen LogP contribution is -2.31. The van der Waals surface area contributed by atoms with Crippen LogP contribution in [0.3, 0.4) is 0 Å². The largest absolute Gasteiger partial charge is 0.397 e. The number of carbonyl (C=O) groups is 1. The van der Waals surface area contributed by atoms with Crippen molar-refractivity contribution in [2.24, 2.45) is 0 Å². The van der Waals surface area contributed by atoms with Gasteiger partial charge < -0.3 is 16.2 Å². The third-order valence-electron chi connectivity index (χ3n) is 2.99. The Morgan fingerprint density at radius 1 is 1.20 bits per heavy atom. The maximum atomic E-state index is 12.2. The first kappa shape index (κ1) is 14.4. The molecule has 0 radical (unpaired) electrons. The Hall–Kier alpha value is -2.04. The number of hydrogen-bond acceptors (Lipinski definition) is 3. The van der Waals surface area contributed by atoms with E-state index in [0.717, 1.165) is 5.56 Å². The Morgan fingerprint density at radius 3 is 2.55 bits per heavy atom. The van der Waals surface area contributed by atoms with Gasteiger partial charge in [-0.1, -0.05) is 48.0 Å². The highest BCUT2D eigenvalue weighted by Gasteiger charge is 2.17. The maximum Gasteiger partial charge on any atom is 0.253 e. The Kier molecular flexibility index (Phi) is 4.61. The maximum absolute atomic E-state index is 12.2. The molecule has 0 saturated carbocycles. The van der Waals surface area contributed by atoms with Gasteiger partial charge in [-0.3, -0.25) is 4.79 Å². The van der Waals surface area contributed by atoms with Crippen molar-refractivity contribution in [3.63, 3.8) is 0 Å². The molecule has 4 N–H and O–H groups in total. The van der Waals surface area contributed by atoms with Gasteiger partial charge >= 0.3 is 0 Å². The molecule has 0 aliphatic carbocycles. The molecule has 4 nitrogen and oxygen atoms in total. The number of halogens is 1. The van der Waals surface area contributed by atoms with Crippen LogP contribution in [-0.2, 0) is 0 Å². The molecule has 1 atom stereocenters. The summed E-state index contributed by atoms with van der Waals surface area (Å²) < 4.78 is 0. The zero-order valence-corrected chi connectivity index (χ0v) is 11.5. The zero-order chi connectivity index (χ0) is 14.5. The number of anilines is 1. The van der Waals surface area contributed by atoms with Crippen LogP contribution in [0.4, 0.5) is 5.69 Å². The molecule has 0 spiro atoms. The minimum absolute atomic E-state index is 0.198. The van der Waals surface area contributed by atoms with Gasteiger partial charge in [-0.15, -0.1) is 0 Å². The van der Waals surface area contributed by atoms with Crippen LogP contribution in [0.1, 0.15) is 22.0 Å². The number of hydrogen-bond donors (Lipinski definition) is 3. The molecule has 0 heterocycles. The van der Waals surface area contributed by atoms with Crippen molar-refractivity contribution in [3.8, 4) is 0 Å². The zero-order valence-electron chi connectivity index (χ0n) is 10.7. The molecule has 1 amide bonds. The quantitative estimate of drug-likeness (QED) is 0.757. The third-order valence-corrected chi connectivity index (χ3v) is 3.32. The Labute approximate surface area is 122 Å². The van der Waals surface area contributed by atoms with Crippen molar-refractivity contribution in [1.82, 2.24) is 5.32 Å². The number of amides is 1. The summed E-state index contributed by atoms with van der Waals surface area (Å²) in [6.45, 7) is -0.198. The lowest BCUT2D eigenvalue weighted by Gasteiger charge is -2.17. The van der Waals surface area contributed by atoms with E-state index in [9.17, 15) is 9.90 Å². The van der Waals surface area contributed by atoms with Gasteiger partial charge in [0.1, 0.15) is 0 Å². The average Bonchev–Trinajstić information content (AvgIpc) is 2.48. The molecule has 104 valence electrons. The number of nitrogens with two attached hydrogens (primary N) is 1. The van der Waals surface area contributed by atoms with Gasteiger partial charge in [0, 0.05) is 0 Å². The Bertz CT molecular complexity index is 602. The van der Waals surface area contributed by atoms with Crippen LogP contribution in [0.2, 0.25) is 5.02 Å². The second-order valence-electron chi connectivity index (χ2n) is 4.32. The number of aliphatic hydroxyl groups excluding tert-OH is 1. The van der Waals surface area contributed by atoms with Crippen LogP contribution in [0.15, 0.2) is 48.5 Å². The smallest absolute Gasteiger partial charge is 0.253 e. The van der Waals surface area contributed by atoms with E-state index < -0.39 is 6.04 Å². The monoisotopic (exact) mass is 290 g/mol. The van der Waals surface area contributed by atoms with E-state index in [-0.39, 0.29) is 18.2 Å². The summed E-state index contributed by atoms with van der Waals surface area (Å²) >= 11 is 5.89. The minimum atomic E-state index is -0.484. The molecule has 2 rings (SSSR count). The van der Waals surface area contributed by atoms with E-state index in [1.54, 1.807) is 18.2 Å². The first-order valence-corrected chi connectivity index (χ1v) is 6.52. The van der Waals surface area contributed by atoms with Crippen molar-refractivity contribution < 1.29 is 9.90 Å². The van der Waals surface area contributed by atoms with Crippen molar-refractivity contribution in [2.45, 2.75) is 6.04 Å². The van der Waals surface area contributed by atoms with Gasteiger partial charge in [0.2, 0.25) is 0 Å². The summed E-state index contributed by atoms with van der Waals surface area (Å²) in [4.78, 5) is 12.2. The van der Waals surface area contributed by atoms with Crippen LogP contribution in [0.25, 0.3) is 0 Å². The summed E-state index contributed by atoms with van der Waals surface area (Å²) in [7, 11) is 0. The van der Waals surface area contributed by atoms with Gasteiger partial charge in [-0.25, -0.2) is 0 Å². The highest BCUT2D eigenvalue weighted by atomic mass is 35.5. The second kappa shape index (κ2) is 6.41. The van der Waals surface area contributed by atoms with Gasteiger partial charge in [-0.2, -0.15) is 0 Å². The van der Waals surface area contributed by atoms with Crippen LogP contribution in [0, 0.1) is 0 Å². The van der Waals surface area contributed by atoms with Crippen molar-refractivity contribution in [3.05, 3.63) is 64.7 Å². The molecular formula is C15H15ClN2O2. The molecule has 0 aliphatic rings. The molecule has 0 aromatic heterocycles. The highest BCUT2D eigenvalue weighted by Crippen LogP contribution is 2.23. The van der Waals surface area contributed by atoms with Gasteiger partial charge in [0.25, 0.3) is 5.91 Å². The standard InChI is InChI=1S/C15H15ClN2O2/c16-12-8-4-7-11(14(12)17)15(20)18-13(9-19)10-5-2-1-3-6-10/h1-8,13,19H,9,17H2,(H,18,20)/t13-/m0/s1.